The molecule has 0 saturated carbocycles. The van der Waals surface area contributed by atoms with Crippen molar-refractivity contribution in [1.82, 2.24) is 20.0 Å². The first-order valence-electron chi connectivity index (χ1n) is 11.7. The number of carbonyl (C=O) groups is 1. The van der Waals surface area contributed by atoms with Crippen LogP contribution in [0.5, 0.6) is 0 Å². The SMILES string of the molecule is CCNC(=NCCCC(=O)N1Cc2ccccc2C1)N1CCC(CN(CC)CC)C1.I. The highest BCUT2D eigenvalue weighted by atomic mass is 127. The minimum atomic E-state index is 0. The molecule has 0 radical (unpaired) electrons. The smallest absolute Gasteiger partial charge is 0.223 e. The molecule has 1 aromatic carbocycles. The number of amides is 1. The summed E-state index contributed by atoms with van der Waals surface area (Å²) in [5.74, 6) is 1.97. The summed E-state index contributed by atoms with van der Waals surface area (Å²) in [7, 11) is 0. The Bertz CT molecular complexity index is 697. The quantitative estimate of drug-likeness (QED) is 0.225. The van der Waals surface area contributed by atoms with Gasteiger partial charge in [-0.2, -0.15) is 0 Å². The van der Waals surface area contributed by atoms with E-state index in [1.54, 1.807) is 0 Å². The van der Waals surface area contributed by atoms with Gasteiger partial charge in [0.2, 0.25) is 5.91 Å². The van der Waals surface area contributed by atoms with Gasteiger partial charge < -0.3 is 20.0 Å². The summed E-state index contributed by atoms with van der Waals surface area (Å²) in [5.41, 5.74) is 2.57. The molecule has 1 aromatic rings. The molecule has 31 heavy (non-hydrogen) atoms. The lowest BCUT2D eigenvalue weighted by Gasteiger charge is -2.24. The van der Waals surface area contributed by atoms with E-state index in [1.165, 1.54) is 24.1 Å². The summed E-state index contributed by atoms with van der Waals surface area (Å²) in [6.45, 7) is 15.2. The monoisotopic (exact) mass is 541 g/mol. The number of benzene rings is 1. The molecule has 1 fully saturated rings. The van der Waals surface area contributed by atoms with Gasteiger partial charge in [0.25, 0.3) is 0 Å². The lowest BCUT2D eigenvalue weighted by Crippen LogP contribution is -2.41. The zero-order chi connectivity index (χ0) is 21.3. The Morgan fingerprint density at radius 1 is 1.13 bits per heavy atom. The van der Waals surface area contributed by atoms with Gasteiger partial charge in [0, 0.05) is 52.2 Å². The molecule has 174 valence electrons. The number of carbonyl (C=O) groups excluding carboxylic acids is 1. The van der Waals surface area contributed by atoms with Gasteiger partial charge in [0.15, 0.2) is 5.96 Å². The van der Waals surface area contributed by atoms with Crippen LogP contribution in [0, 0.1) is 5.92 Å². The van der Waals surface area contributed by atoms with Crippen LogP contribution in [-0.4, -0.2) is 72.4 Å². The lowest BCUT2D eigenvalue weighted by atomic mass is 10.1. The van der Waals surface area contributed by atoms with Crippen molar-refractivity contribution in [2.24, 2.45) is 10.9 Å². The number of fused-ring (bicyclic) bond motifs is 1. The van der Waals surface area contributed by atoms with Crippen LogP contribution in [0.25, 0.3) is 0 Å². The Morgan fingerprint density at radius 3 is 2.42 bits per heavy atom. The zero-order valence-corrected chi connectivity index (χ0v) is 21.8. The predicted molar refractivity (Wildman–Crippen MR) is 139 cm³/mol. The minimum absolute atomic E-state index is 0. The van der Waals surface area contributed by atoms with E-state index in [4.69, 9.17) is 4.99 Å². The van der Waals surface area contributed by atoms with Crippen molar-refractivity contribution in [3.05, 3.63) is 35.4 Å². The van der Waals surface area contributed by atoms with Crippen LogP contribution in [0.2, 0.25) is 0 Å². The fourth-order valence-electron chi connectivity index (χ4n) is 4.53. The fourth-order valence-corrected chi connectivity index (χ4v) is 4.53. The lowest BCUT2D eigenvalue weighted by molar-refractivity contribution is -0.131. The van der Waals surface area contributed by atoms with Crippen LogP contribution < -0.4 is 5.32 Å². The third-order valence-corrected chi connectivity index (χ3v) is 6.33. The number of nitrogens with one attached hydrogen (secondary N) is 1. The molecular weight excluding hydrogens is 501 g/mol. The molecular formula is C24H40IN5O. The molecule has 1 atom stereocenters. The Labute approximate surface area is 205 Å². The van der Waals surface area contributed by atoms with Crippen molar-refractivity contribution >= 4 is 35.8 Å². The first-order chi connectivity index (χ1) is 14.6. The Hall–Kier alpha value is -1.35. The normalized spacial score (nSPS) is 18.3. The Balaban J connectivity index is 0.00000341. The van der Waals surface area contributed by atoms with Crippen molar-refractivity contribution in [3.63, 3.8) is 0 Å². The van der Waals surface area contributed by atoms with Gasteiger partial charge >= 0.3 is 0 Å². The molecule has 6 nitrogen and oxygen atoms in total. The van der Waals surface area contributed by atoms with Crippen molar-refractivity contribution < 1.29 is 4.79 Å². The number of likely N-dealkylation sites (tertiary alicyclic amines) is 1. The van der Waals surface area contributed by atoms with E-state index < -0.39 is 0 Å². The summed E-state index contributed by atoms with van der Waals surface area (Å²) in [5, 5.41) is 3.45. The highest BCUT2D eigenvalue weighted by Gasteiger charge is 2.26. The molecule has 7 heteroatoms. The average molecular weight is 542 g/mol. The fraction of sp³-hybridized carbons (Fsp3) is 0.667. The maximum atomic E-state index is 12.6. The third kappa shape index (κ3) is 7.34. The van der Waals surface area contributed by atoms with Gasteiger partial charge in [0.05, 0.1) is 0 Å². The van der Waals surface area contributed by atoms with E-state index in [0.717, 1.165) is 58.2 Å². The number of rotatable bonds is 9. The highest BCUT2D eigenvalue weighted by molar-refractivity contribution is 14.0. The Morgan fingerprint density at radius 2 is 1.81 bits per heavy atom. The molecule has 2 heterocycles. The van der Waals surface area contributed by atoms with Gasteiger partial charge in [-0.1, -0.05) is 38.1 Å². The van der Waals surface area contributed by atoms with E-state index >= 15 is 0 Å². The van der Waals surface area contributed by atoms with Gasteiger partial charge in [-0.3, -0.25) is 9.79 Å². The molecule has 1 amide bonds. The summed E-state index contributed by atoms with van der Waals surface area (Å²) >= 11 is 0. The number of aliphatic imine (C=N–C) groups is 1. The van der Waals surface area contributed by atoms with Gasteiger partial charge in [0.1, 0.15) is 0 Å². The molecule has 0 aromatic heterocycles. The second-order valence-corrected chi connectivity index (χ2v) is 8.44. The predicted octanol–water partition coefficient (Wildman–Crippen LogP) is 3.56. The van der Waals surface area contributed by atoms with E-state index in [-0.39, 0.29) is 29.9 Å². The molecule has 1 saturated heterocycles. The number of hydrogen-bond acceptors (Lipinski definition) is 3. The van der Waals surface area contributed by atoms with Gasteiger partial charge in [-0.05, 0) is 49.9 Å². The van der Waals surface area contributed by atoms with Crippen molar-refractivity contribution in [1.29, 1.82) is 0 Å². The topological polar surface area (TPSA) is 51.2 Å². The molecule has 0 aliphatic carbocycles. The maximum Gasteiger partial charge on any atom is 0.223 e. The molecule has 3 rings (SSSR count). The first-order valence-corrected chi connectivity index (χ1v) is 11.7. The first kappa shape index (κ1) is 25.9. The van der Waals surface area contributed by atoms with Crippen LogP contribution in [0.15, 0.2) is 29.3 Å². The number of hydrogen-bond donors (Lipinski definition) is 1. The summed E-state index contributed by atoms with van der Waals surface area (Å²) in [4.78, 5) is 24.3. The van der Waals surface area contributed by atoms with E-state index in [2.05, 4.69) is 60.2 Å². The summed E-state index contributed by atoms with van der Waals surface area (Å²) in [6, 6.07) is 8.35. The molecule has 2 aliphatic rings. The Kier molecular flexibility index (Phi) is 11.1. The number of nitrogens with zero attached hydrogens (tertiary/aromatic N) is 4. The molecule has 0 bridgehead atoms. The van der Waals surface area contributed by atoms with Crippen LogP contribution in [0.1, 0.15) is 51.2 Å². The second kappa shape index (κ2) is 13.3. The maximum absolute atomic E-state index is 12.6. The third-order valence-electron chi connectivity index (χ3n) is 6.33. The second-order valence-electron chi connectivity index (χ2n) is 8.44. The molecule has 0 spiro atoms. The van der Waals surface area contributed by atoms with Crippen molar-refractivity contribution in [2.75, 3.05) is 45.8 Å². The van der Waals surface area contributed by atoms with E-state index in [0.29, 0.717) is 18.9 Å². The van der Waals surface area contributed by atoms with E-state index in [1.807, 2.05) is 4.90 Å². The molecule has 1 unspecified atom stereocenters. The van der Waals surface area contributed by atoms with Crippen LogP contribution >= 0.6 is 24.0 Å². The zero-order valence-electron chi connectivity index (χ0n) is 19.5. The van der Waals surface area contributed by atoms with Crippen molar-refractivity contribution in [3.8, 4) is 0 Å². The largest absolute Gasteiger partial charge is 0.357 e. The standard InChI is InChI=1S/C24H39N5O.HI/c1-4-25-24(28-15-13-20(17-28)16-27(5-2)6-3)26-14-9-12-23(30)29-18-21-10-7-8-11-22(21)19-29;/h7-8,10-11,20H,4-6,9,12-19H2,1-3H3,(H,25,26);1H. The van der Waals surface area contributed by atoms with Crippen LogP contribution in [-0.2, 0) is 17.9 Å². The molecule has 2 aliphatic heterocycles. The van der Waals surface area contributed by atoms with E-state index in [9.17, 15) is 4.79 Å². The van der Waals surface area contributed by atoms with Gasteiger partial charge in [-0.25, -0.2) is 0 Å². The number of guanidine groups is 1. The molecule has 1 N–H and O–H groups in total. The summed E-state index contributed by atoms with van der Waals surface area (Å²) in [6.07, 6.45) is 2.60. The van der Waals surface area contributed by atoms with Crippen molar-refractivity contribution in [2.45, 2.75) is 53.1 Å². The summed E-state index contributed by atoms with van der Waals surface area (Å²) < 4.78 is 0. The minimum Gasteiger partial charge on any atom is -0.357 e. The van der Waals surface area contributed by atoms with Crippen LogP contribution in [0.3, 0.4) is 0 Å². The highest BCUT2D eigenvalue weighted by Crippen LogP contribution is 2.23. The van der Waals surface area contributed by atoms with Crippen LogP contribution in [0.4, 0.5) is 0 Å². The average Bonchev–Trinajstić information content (AvgIpc) is 3.41. The van der Waals surface area contributed by atoms with Gasteiger partial charge in [-0.15, -0.1) is 24.0 Å². The number of halogens is 1.